The summed E-state index contributed by atoms with van der Waals surface area (Å²) in [6.45, 7) is 4.40. The van der Waals surface area contributed by atoms with Crippen molar-refractivity contribution in [2.45, 2.75) is 44.3 Å². The second-order valence-electron chi connectivity index (χ2n) is 8.59. The molecule has 2 aromatic rings. The van der Waals surface area contributed by atoms with Crippen molar-refractivity contribution in [3.63, 3.8) is 0 Å². The van der Waals surface area contributed by atoms with Gasteiger partial charge >= 0.3 is 0 Å². The summed E-state index contributed by atoms with van der Waals surface area (Å²) >= 11 is 0. The van der Waals surface area contributed by atoms with Crippen LogP contribution in [0.3, 0.4) is 0 Å². The number of halogens is 2. The molecule has 3 heterocycles. The molecule has 1 atom stereocenters. The molecule has 1 aliphatic carbocycles. The van der Waals surface area contributed by atoms with Gasteiger partial charge in [0.25, 0.3) is 18.4 Å². The number of rotatable bonds is 3. The summed E-state index contributed by atoms with van der Waals surface area (Å²) in [6, 6.07) is 5.42. The molecule has 1 amide bonds. The zero-order valence-corrected chi connectivity index (χ0v) is 17.0. The molecule has 2 aliphatic heterocycles. The molecule has 1 aromatic heterocycles. The lowest BCUT2D eigenvalue weighted by molar-refractivity contribution is -0.0477. The molecule has 3 aliphatic rings. The first kappa shape index (κ1) is 19.7. The van der Waals surface area contributed by atoms with Gasteiger partial charge < -0.3 is 20.5 Å². The predicted octanol–water partition coefficient (Wildman–Crippen LogP) is 3.16. The summed E-state index contributed by atoms with van der Waals surface area (Å²) in [6.07, 6.45) is 1.01. The number of nitrogens with two attached hydrogens (primary N) is 1. The van der Waals surface area contributed by atoms with Gasteiger partial charge in [-0.3, -0.25) is 9.78 Å². The summed E-state index contributed by atoms with van der Waals surface area (Å²) in [5.74, 6) is 0.0925. The van der Waals surface area contributed by atoms with Crippen LogP contribution in [0.1, 0.15) is 54.9 Å². The zero-order valence-electron chi connectivity index (χ0n) is 17.0. The van der Waals surface area contributed by atoms with Gasteiger partial charge in [0.1, 0.15) is 34.9 Å². The van der Waals surface area contributed by atoms with E-state index in [2.05, 4.69) is 15.3 Å². The van der Waals surface area contributed by atoms with Gasteiger partial charge in [-0.25, -0.2) is 18.8 Å². The van der Waals surface area contributed by atoms with E-state index >= 15 is 0 Å². The fourth-order valence-corrected chi connectivity index (χ4v) is 4.87. The maximum Gasteiger partial charge on any atom is 0.283 e. The summed E-state index contributed by atoms with van der Waals surface area (Å²) < 4.78 is 37.2. The highest BCUT2D eigenvalue weighted by Gasteiger charge is 2.73. The van der Waals surface area contributed by atoms with E-state index in [1.165, 1.54) is 0 Å². The largest absolute Gasteiger partial charge is 0.487 e. The number of alkyl halides is 2. The van der Waals surface area contributed by atoms with Crippen molar-refractivity contribution in [1.29, 1.82) is 0 Å². The first-order valence-electron chi connectivity index (χ1n) is 9.91. The van der Waals surface area contributed by atoms with Gasteiger partial charge in [-0.15, -0.1) is 0 Å². The van der Waals surface area contributed by atoms with E-state index in [-0.39, 0.29) is 17.1 Å². The van der Waals surface area contributed by atoms with Gasteiger partial charge in [0.2, 0.25) is 0 Å². The summed E-state index contributed by atoms with van der Waals surface area (Å²) in [4.78, 5) is 24.6. The highest BCUT2D eigenvalue weighted by molar-refractivity contribution is 6.02. The molecule has 31 heavy (non-hydrogen) atoms. The third kappa shape index (κ3) is 2.77. The molecule has 10 heteroatoms. The van der Waals surface area contributed by atoms with Crippen molar-refractivity contribution < 1.29 is 23.0 Å². The molecule has 1 saturated carbocycles. The van der Waals surface area contributed by atoms with E-state index in [0.29, 0.717) is 18.0 Å². The first-order chi connectivity index (χ1) is 14.7. The SMILES string of the molecule is CC1(C)Oc2ccc(NC(=O)c3cnc(C(F)F)cn3)cc2C2(COC(N)=N2)C12CC2. The molecule has 162 valence electrons. The van der Waals surface area contributed by atoms with Gasteiger partial charge in [0.15, 0.2) is 0 Å². The third-order valence-corrected chi connectivity index (χ3v) is 6.60. The van der Waals surface area contributed by atoms with E-state index in [9.17, 15) is 13.6 Å². The molecular formula is C21H21F2N5O3. The molecule has 0 radical (unpaired) electrons. The lowest BCUT2D eigenvalue weighted by atomic mass is 9.66. The Bertz CT molecular complexity index is 1100. The predicted molar refractivity (Wildman–Crippen MR) is 107 cm³/mol. The molecule has 1 fully saturated rings. The summed E-state index contributed by atoms with van der Waals surface area (Å²) in [7, 11) is 0. The number of benzene rings is 1. The number of anilines is 1. The average Bonchev–Trinajstić information content (AvgIpc) is 3.46. The van der Waals surface area contributed by atoms with Crippen molar-refractivity contribution in [2.24, 2.45) is 16.1 Å². The molecule has 1 aromatic carbocycles. The van der Waals surface area contributed by atoms with Crippen molar-refractivity contribution in [3.8, 4) is 5.75 Å². The number of amidine groups is 1. The van der Waals surface area contributed by atoms with E-state index in [1.54, 1.807) is 18.2 Å². The molecule has 5 rings (SSSR count). The van der Waals surface area contributed by atoms with Crippen LogP contribution in [0.5, 0.6) is 5.75 Å². The number of carbonyl (C=O) groups excluding carboxylic acids is 1. The van der Waals surface area contributed by atoms with Gasteiger partial charge in [-0.05, 0) is 44.9 Å². The maximum absolute atomic E-state index is 12.7. The Hall–Kier alpha value is -3.30. The van der Waals surface area contributed by atoms with Crippen LogP contribution in [0.15, 0.2) is 35.6 Å². The monoisotopic (exact) mass is 429 g/mol. The second kappa shape index (κ2) is 6.35. The van der Waals surface area contributed by atoms with Crippen LogP contribution >= 0.6 is 0 Å². The zero-order chi connectivity index (χ0) is 22.0. The van der Waals surface area contributed by atoms with Crippen LogP contribution in [0, 0.1) is 5.41 Å². The molecule has 8 nitrogen and oxygen atoms in total. The van der Waals surface area contributed by atoms with Crippen molar-refractivity contribution in [3.05, 3.63) is 47.5 Å². The van der Waals surface area contributed by atoms with Crippen LogP contribution in [0.4, 0.5) is 14.5 Å². The fourth-order valence-electron chi connectivity index (χ4n) is 4.87. The van der Waals surface area contributed by atoms with Gasteiger partial charge in [-0.1, -0.05) is 0 Å². The third-order valence-electron chi connectivity index (χ3n) is 6.60. The number of nitrogens with one attached hydrogen (secondary N) is 1. The summed E-state index contributed by atoms with van der Waals surface area (Å²) in [5.41, 5.74) is 5.21. The van der Waals surface area contributed by atoms with E-state index in [1.807, 2.05) is 13.8 Å². The second-order valence-corrected chi connectivity index (χ2v) is 8.59. The minimum atomic E-state index is -2.75. The van der Waals surface area contributed by atoms with Gasteiger partial charge in [0, 0.05) is 16.7 Å². The highest BCUT2D eigenvalue weighted by atomic mass is 19.3. The van der Waals surface area contributed by atoms with Crippen LogP contribution in [-0.2, 0) is 10.3 Å². The Morgan fingerprint density at radius 3 is 2.58 bits per heavy atom. The van der Waals surface area contributed by atoms with E-state index < -0.39 is 29.2 Å². The Labute approximate surface area is 176 Å². The van der Waals surface area contributed by atoms with Crippen LogP contribution in [-0.4, -0.2) is 34.1 Å². The van der Waals surface area contributed by atoms with Crippen LogP contribution < -0.4 is 15.8 Å². The molecular weight excluding hydrogens is 408 g/mol. The van der Waals surface area contributed by atoms with E-state index in [0.717, 1.165) is 30.8 Å². The fraction of sp³-hybridized carbons (Fsp3) is 0.429. The number of ether oxygens (including phenoxy) is 2. The Kier molecular flexibility index (Phi) is 4.03. The summed E-state index contributed by atoms with van der Waals surface area (Å²) in [5, 5.41) is 2.74. The Morgan fingerprint density at radius 1 is 1.23 bits per heavy atom. The number of nitrogens with zero attached hydrogens (tertiary/aromatic N) is 3. The molecule has 3 N–H and O–H groups in total. The number of carbonyl (C=O) groups is 1. The number of fused-ring (bicyclic) bond motifs is 3. The standard InChI is InChI=1S/C21H21F2N5O3/c1-19(2)20(5-6-20)21(10-30-18(24)28-21)12-7-11(3-4-15(12)31-19)27-17(29)14-9-25-13(8-26-14)16(22)23/h3-4,7-9,16H,5-6,10H2,1-2H3,(H2,24,28)(H,27,29). The number of hydrogen-bond donors (Lipinski definition) is 2. The minimum absolute atomic E-state index is 0.0701. The van der Waals surface area contributed by atoms with Gasteiger partial charge in [0.05, 0.1) is 12.4 Å². The Balaban J connectivity index is 1.49. The van der Waals surface area contributed by atoms with Crippen molar-refractivity contribution >= 4 is 17.6 Å². The molecule has 2 spiro atoms. The first-order valence-corrected chi connectivity index (χ1v) is 9.91. The van der Waals surface area contributed by atoms with Crippen LogP contribution in [0.2, 0.25) is 0 Å². The number of aromatic nitrogens is 2. The highest BCUT2D eigenvalue weighted by Crippen LogP contribution is 2.71. The normalized spacial score (nSPS) is 24.4. The number of aliphatic imine (C=N–C) groups is 1. The Morgan fingerprint density at radius 2 is 2.00 bits per heavy atom. The molecule has 1 unspecified atom stereocenters. The maximum atomic E-state index is 12.7. The van der Waals surface area contributed by atoms with E-state index in [4.69, 9.17) is 20.2 Å². The average molecular weight is 429 g/mol. The lowest BCUT2D eigenvalue weighted by Crippen LogP contribution is -2.55. The molecule has 0 bridgehead atoms. The number of amides is 1. The van der Waals surface area contributed by atoms with Crippen LogP contribution in [0.25, 0.3) is 0 Å². The quantitative estimate of drug-likeness (QED) is 0.775. The topological polar surface area (TPSA) is 112 Å². The molecule has 0 saturated heterocycles. The van der Waals surface area contributed by atoms with Crippen molar-refractivity contribution in [2.75, 3.05) is 11.9 Å². The number of hydrogen-bond acceptors (Lipinski definition) is 7. The van der Waals surface area contributed by atoms with Crippen molar-refractivity contribution in [1.82, 2.24) is 9.97 Å². The smallest absolute Gasteiger partial charge is 0.283 e. The van der Waals surface area contributed by atoms with Gasteiger partial charge in [-0.2, -0.15) is 0 Å². The minimum Gasteiger partial charge on any atom is -0.487 e. The lowest BCUT2D eigenvalue weighted by Gasteiger charge is -2.49.